The third-order valence-corrected chi connectivity index (χ3v) is 2.11. The molecule has 1 aromatic rings. The van der Waals surface area contributed by atoms with Crippen LogP contribution < -0.4 is 0 Å². The number of hydrogen-bond donors (Lipinski definition) is 0. The quantitative estimate of drug-likeness (QED) is 0.530. The number of aromatic nitrogens is 1. The van der Waals surface area contributed by atoms with Crippen molar-refractivity contribution in [2.75, 3.05) is 0 Å². The number of rotatable bonds is 4. The van der Waals surface area contributed by atoms with Gasteiger partial charge in [0.05, 0.1) is 0 Å². The maximum atomic E-state index is 11.6. The first-order chi connectivity index (χ1) is 6.65. The van der Waals surface area contributed by atoms with E-state index in [0.717, 1.165) is 12.1 Å². The molecule has 0 fully saturated rings. The molecule has 2 nitrogen and oxygen atoms in total. The van der Waals surface area contributed by atoms with Crippen molar-refractivity contribution in [2.45, 2.75) is 27.3 Å². The summed E-state index contributed by atoms with van der Waals surface area (Å²) in [6.45, 7) is 6.67. The van der Waals surface area contributed by atoms with Gasteiger partial charge in [-0.2, -0.15) is 0 Å². The van der Waals surface area contributed by atoms with Gasteiger partial charge in [-0.1, -0.05) is 26.0 Å². The van der Waals surface area contributed by atoms with Crippen molar-refractivity contribution in [3.8, 4) is 0 Å². The van der Waals surface area contributed by atoms with Crippen LogP contribution in [0.2, 0.25) is 0 Å². The summed E-state index contributed by atoms with van der Waals surface area (Å²) in [5.41, 5.74) is 0.810. The Kier molecular flexibility index (Phi) is 3.69. The minimum Gasteiger partial charge on any atom is -0.350 e. The summed E-state index contributed by atoms with van der Waals surface area (Å²) in [4.78, 5) is 11.6. The molecule has 0 radical (unpaired) electrons. The summed E-state index contributed by atoms with van der Waals surface area (Å²) < 4.78 is 2.01. The fourth-order valence-electron chi connectivity index (χ4n) is 1.26. The molecule has 0 bridgehead atoms. The van der Waals surface area contributed by atoms with E-state index in [0.29, 0.717) is 0 Å². The van der Waals surface area contributed by atoms with Gasteiger partial charge in [0.2, 0.25) is 0 Å². The van der Waals surface area contributed by atoms with E-state index in [2.05, 4.69) is 6.08 Å². The van der Waals surface area contributed by atoms with Crippen molar-refractivity contribution in [3.05, 3.63) is 36.2 Å². The highest BCUT2D eigenvalue weighted by atomic mass is 16.1. The van der Waals surface area contributed by atoms with E-state index in [9.17, 15) is 4.79 Å². The lowest BCUT2D eigenvalue weighted by molar-refractivity contribution is 0.0939. The molecule has 1 aromatic heterocycles. The fraction of sp³-hybridized carbons (Fsp3) is 0.417. The lowest BCUT2D eigenvalue weighted by atomic mass is 10.0. The van der Waals surface area contributed by atoms with Crippen molar-refractivity contribution in [1.82, 2.24) is 4.57 Å². The molecule has 0 spiro atoms. The Balaban J connectivity index is 2.72. The van der Waals surface area contributed by atoms with E-state index in [4.69, 9.17) is 0 Å². The van der Waals surface area contributed by atoms with Crippen molar-refractivity contribution in [2.24, 2.45) is 5.92 Å². The Bertz CT molecular complexity index is 334. The molecule has 0 saturated carbocycles. The SMILES string of the molecule is CC=CCn1ccc(C(=O)C(C)C)c1. The average molecular weight is 191 g/mol. The summed E-state index contributed by atoms with van der Waals surface area (Å²) in [6.07, 6.45) is 7.91. The Morgan fingerprint density at radius 2 is 2.29 bits per heavy atom. The largest absolute Gasteiger partial charge is 0.350 e. The van der Waals surface area contributed by atoms with Crippen LogP contribution in [0.1, 0.15) is 31.1 Å². The van der Waals surface area contributed by atoms with E-state index in [1.165, 1.54) is 0 Å². The third kappa shape index (κ3) is 2.59. The van der Waals surface area contributed by atoms with Gasteiger partial charge in [0.15, 0.2) is 5.78 Å². The van der Waals surface area contributed by atoms with Crippen molar-refractivity contribution >= 4 is 5.78 Å². The van der Waals surface area contributed by atoms with Crippen LogP contribution in [0.25, 0.3) is 0 Å². The molecular weight excluding hydrogens is 174 g/mol. The molecule has 0 saturated heterocycles. The third-order valence-electron chi connectivity index (χ3n) is 2.11. The summed E-state index contributed by atoms with van der Waals surface area (Å²) in [5.74, 6) is 0.289. The van der Waals surface area contributed by atoms with E-state index in [1.807, 2.05) is 49.9 Å². The first-order valence-electron chi connectivity index (χ1n) is 4.96. The van der Waals surface area contributed by atoms with Gasteiger partial charge in [-0.15, -0.1) is 0 Å². The Hall–Kier alpha value is -1.31. The number of nitrogens with zero attached hydrogens (tertiary/aromatic N) is 1. The monoisotopic (exact) mass is 191 g/mol. The average Bonchev–Trinajstić information content (AvgIpc) is 2.61. The van der Waals surface area contributed by atoms with Gasteiger partial charge < -0.3 is 4.57 Å². The highest BCUT2D eigenvalue weighted by molar-refractivity contribution is 5.97. The van der Waals surface area contributed by atoms with E-state index < -0.39 is 0 Å². The second-order valence-corrected chi connectivity index (χ2v) is 3.68. The molecule has 76 valence electrons. The van der Waals surface area contributed by atoms with Crippen LogP contribution in [-0.2, 0) is 6.54 Å². The van der Waals surface area contributed by atoms with Gasteiger partial charge in [0.25, 0.3) is 0 Å². The predicted molar refractivity (Wildman–Crippen MR) is 58.4 cm³/mol. The molecule has 0 aliphatic carbocycles. The second-order valence-electron chi connectivity index (χ2n) is 3.68. The zero-order valence-corrected chi connectivity index (χ0v) is 9.03. The van der Waals surface area contributed by atoms with Crippen LogP contribution in [0.3, 0.4) is 0 Å². The van der Waals surface area contributed by atoms with Gasteiger partial charge in [-0.05, 0) is 13.0 Å². The zero-order chi connectivity index (χ0) is 10.6. The summed E-state index contributed by atoms with van der Waals surface area (Å²) >= 11 is 0. The first kappa shape index (κ1) is 10.8. The van der Waals surface area contributed by atoms with Crippen LogP contribution in [0.15, 0.2) is 30.6 Å². The van der Waals surface area contributed by atoms with Crippen LogP contribution in [0.5, 0.6) is 0 Å². The molecule has 0 unspecified atom stereocenters. The van der Waals surface area contributed by atoms with Crippen LogP contribution in [-0.4, -0.2) is 10.4 Å². The Morgan fingerprint density at radius 3 is 2.86 bits per heavy atom. The number of hydrogen-bond acceptors (Lipinski definition) is 1. The summed E-state index contributed by atoms with van der Waals surface area (Å²) in [5, 5.41) is 0. The van der Waals surface area contributed by atoms with Crippen molar-refractivity contribution in [3.63, 3.8) is 0 Å². The number of allylic oxidation sites excluding steroid dienone is 2. The second kappa shape index (κ2) is 4.80. The molecule has 0 N–H and O–H groups in total. The Labute approximate surface area is 85.2 Å². The summed E-state index contributed by atoms with van der Waals surface area (Å²) in [6, 6.07) is 1.88. The predicted octanol–water partition coefficient (Wildman–Crippen LogP) is 2.90. The topological polar surface area (TPSA) is 22.0 Å². The molecule has 0 aliphatic rings. The first-order valence-corrected chi connectivity index (χ1v) is 4.96. The molecule has 2 heteroatoms. The molecule has 14 heavy (non-hydrogen) atoms. The van der Waals surface area contributed by atoms with Crippen LogP contribution >= 0.6 is 0 Å². The van der Waals surface area contributed by atoms with Gasteiger partial charge >= 0.3 is 0 Å². The molecule has 1 rings (SSSR count). The van der Waals surface area contributed by atoms with Gasteiger partial charge in [-0.25, -0.2) is 0 Å². The minimum atomic E-state index is 0.0765. The van der Waals surface area contributed by atoms with Crippen molar-refractivity contribution in [1.29, 1.82) is 0 Å². The van der Waals surface area contributed by atoms with Gasteiger partial charge in [0, 0.05) is 30.4 Å². The highest BCUT2D eigenvalue weighted by Crippen LogP contribution is 2.08. The van der Waals surface area contributed by atoms with E-state index in [1.54, 1.807) is 0 Å². The van der Waals surface area contributed by atoms with Crippen LogP contribution in [0, 0.1) is 5.92 Å². The number of carbonyl (C=O) groups excluding carboxylic acids is 1. The normalized spacial score (nSPS) is 11.4. The molecule has 0 aliphatic heterocycles. The number of Topliss-reactive ketones (excluding diaryl/α,β-unsaturated/α-hetero) is 1. The Morgan fingerprint density at radius 1 is 1.57 bits per heavy atom. The van der Waals surface area contributed by atoms with Crippen LogP contribution in [0.4, 0.5) is 0 Å². The van der Waals surface area contributed by atoms with Gasteiger partial charge in [0.1, 0.15) is 0 Å². The molecule has 0 atom stereocenters. The van der Waals surface area contributed by atoms with Gasteiger partial charge in [-0.3, -0.25) is 4.79 Å². The molecular formula is C12H17NO. The van der Waals surface area contributed by atoms with Crippen molar-refractivity contribution < 1.29 is 4.79 Å². The highest BCUT2D eigenvalue weighted by Gasteiger charge is 2.10. The lowest BCUT2D eigenvalue weighted by Crippen LogP contribution is -2.06. The zero-order valence-electron chi connectivity index (χ0n) is 9.03. The molecule has 0 aromatic carbocycles. The lowest BCUT2D eigenvalue weighted by Gasteiger charge is -2.00. The maximum absolute atomic E-state index is 11.6. The number of ketones is 1. The molecule has 1 heterocycles. The van der Waals surface area contributed by atoms with E-state index in [-0.39, 0.29) is 11.7 Å². The molecule has 0 amide bonds. The maximum Gasteiger partial charge on any atom is 0.166 e. The minimum absolute atomic E-state index is 0.0765. The van der Waals surface area contributed by atoms with E-state index >= 15 is 0 Å². The fourth-order valence-corrected chi connectivity index (χ4v) is 1.26. The smallest absolute Gasteiger partial charge is 0.166 e. The number of carbonyl (C=O) groups is 1. The summed E-state index contributed by atoms with van der Waals surface area (Å²) in [7, 11) is 0. The standard InChI is InChI=1S/C12H17NO/c1-4-5-7-13-8-6-11(9-13)12(14)10(2)3/h4-6,8-10H,7H2,1-3H3.